The molecular formula is C14H17N3O2. The number of aryl methyl sites for hydroxylation is 1. The molecule has 5 heteroatoms. The van der Waals surface area contributed by atoms with Gasteiger partial charge in [-0.05, 0) is 44.0 Å². The number of nitrogens with zero attached hydrogens (tertiary/aromatic N) is 1. The number of hydrogen-bond acceptors (Lipinski definition) is 3. The fraction of sp³-hybridized carbons (Fsp3) is 0.429. The van der Waals surface area contributed by atoms with Crippen molar-refractivity contribution in [1.29, 1.82) is 0 Å². The van der Waals surface area contributed by atoms with Gasteiger partial charge in [-0.1, -0.05) is 6.07 Å². The molecule has 1 unspecified atom stereocenters. The summed E-state index contributed by atoms with van der Waals surface area (Å²) in [4.78, 5) is 27.4. The zero-order chi connectivity index (χ0) is 13.4. The van der Waals surface area contributed by atoms with E-state index in [1.165, 1.54) is 4.57 Å². The average Bonchev–Trinajstić information content (AvgIpc) is 2.39. The van der Waals surface area contributed by atoms with Crippen molar-refractivity contribution < 1.29 is 0 Å². The Bertz CT molecular complexity index is 724. The summed E-state index contributed by atoms with van der Waals surface area (Å²) in [5.41, 5.74) is 1.15. The first-order valence-corrected chi connectivity index (χ1v) is 6.63. The third kappa shape index (κ3) is 2.10. The average molecular weight is 259 g/mol. The molecule has 1 aromatic carbocycles. The number of aromatic nitrogens is 2. The summed E-state index contributed by atoms with van der Waals surface area (Å²) in [5.74, 6) is 0. The molecule has 1 atom stereocenters. The number of nitrogens with one attached hydrogen (secondary N) is 2. The maximum Gasteiger partial charge on any atom is 0.329 e. The number of rotatable bonds is 1. The monoisotopic (exact) mass is 259 g/mol. The van der Waals surface area contributed by atoms with E-state index in [-0.39, 0.29) is 17.3 Å². The molecule has 1 saturated heterocycles. The largest absolute Gasteiger partial charge is 0.329 e. The molecule has 5 nitrogen and oxygen atoms in total. The molecule has 19 heavy (non-hydrogen) atoms. The summed E-state index contributed by atoms with van der Waals surface area (Å²) in [6.45, 7) is 3.57. The van der Waals surface area contributed by atoms with Gasteiger partial charge in [0.05, 0.1) is 16.9 Å². The van der Waals surface area contributed by atoms with Crippen LogP contribution in [0.15, 0.2) is 27.8 Å². The van der Waals surface area contributed by atoms with Gasteiger partial charge >= 0.3 is 5.69 Å². The van der Waals surface area contributed by atoms with Gasteiger partial charge in [0, 0.05) is 6.54 Å². The molecular weight excluding hydrogens is 242 g/mol. The Kier molecular flexibility index (Phi) is 2.98. The molecule has 1 aromatic heterocycles. The van der Waals surface area contributed by atoms with Crippen molar-refractivity contribution >= 4 is 10.9 Å². The van der Waals surface area contributed by atoms with E-state index in [1.54, 1.807) is 6.07 Å². The van der Waals surface area contributed by atoms with Crippen molar-refractivity contribution in [2.24, 2.45) is 0 Å². The van der Waals surface area contributed by atoms with Crippen molar-refractivity contribution in [1.82, 2.24) is 14.9 Å². The Hall–Kier alpha value is -1.88. The Balaban J connectivity index is 2.22. The van der Waals surface area contributed by atoms with Crippen LogP contribution in [0.25, 0.3) is 10.9 Å². The maximum absolute atomic E-state index is 12.5. The Morgan fingerprint density at radius 2 is 2.16 bits per heavy atom. The van der Waals surface area contributed by atoms with Crippen LogP contribution in [-0.2, 0) is 0 Å². The van der Waals surface area contributed by atoms with Gasteiger partial charge in [0.2, 0.25) is 0 Å². The fourth-order valence-electron chi connectivity index (χ4n) is 2.73. The lowest BCUT2D eigenvalue weighted by Gasteiger charge is -2.24. The van der Waals surface area contributed by atoms with Gasteiger partial charge in [0.1, 0.15) is 0 Å². The van der Waals surface area contributed by atoms with E-state index in [2.05, 4.69) is 10.3 Å². The van der Waals surface area contributed by atoms with Gasteiger partial charge in [-0.2, -0.15) is 0 Å². The summed E-state index contributed by atoms with van der Waals surface area (Å²) in [7, 11) is 0. The summed E-state index contributed by atoms with van der Waals surface area (Å²) < 4.78 is 1.36. The first kappa shape index (κ1) is 12.2. The van der Waals surface area contributed by atoms with E-state index >= 15 is 0 Å². The van der Waals surface area contributed by atoms with Crippen molar-refractivity contribution in [3.8, 4) is 0 Å². The van der Waals surface area contributed by atoms with Crippen LogP contribution in [0.1, 0.15) is 24.4 Å². The van der Waals surface area contributed by atoms with Crippen molar-refractivity contribution in [2.45, 2.75) is 25.8 Å². The lowest BCUT2D eigenvalue weighted by atomic mass is 10.1. The number of fused-ring (bicyclic) bond motifs is 1. The van der Waals surface area contributed by atoms with E-state index in [9.17, 15) is 9.59 Å². The fourth-order valence-corrected chi connectivity index (χ4v) is 2.73. The van der Waals surface area contributed by atoms with Gasteiger partial charge in [0.25, 0.3) is 5.56 Å². The van der Waals surface area contributed by atoms with Gasteiger partial charge in [-0.25, -0.2) is 4.79 Å². The van der Waals surface area contributed by atoms with E-state index in [1.807, 2.05) is 19.1 Å². The predicted molar refractivity (Wildman–Crippen MR) is 74.7 cm³/mol. The van der Waals surface area contributed by atoms with Gasteiger partial charge < -0.3 is 10.3 Å². The second kappa shape index (κ2) is 4.66. The van der Waals surface area contributed by atoms with Crippen LogP contribution in [0.3, 0.4) is 0 Å². The quantitative estimate of drug-likeness (QED) is 0.800. The molecule has 1 fully saturated rings. The van der Waals surface area contributed by atoms with Crippen LogP contribution >= 0.6 is 0 Å². The number of hydrogen-bond donors (Lipinski definition) is 2. The molecule has 0 bridgehead atoms. The Labute approximate surface area is 110 Å². The highest BCUT2D eigenvalue weighted by Gasteiger charge is 2.19. The highest BCUT2D eigenvalue weighted by atomic mass is 16.2. The minimum absolute atomic E-state index is 0.0456. The van der Waals surface area contributed by atoms with E-state index < -0.39 is 0 Å². The summed E-state index contributed by atoms with van der Waals surface area (Å²) in [6.07, 6.45) is 1.86. The second-order valence-electron chi connectivity index (χ2n) is 5.15. The first-order valence-electron chi connectivity index (χ1n) is 6.63. The second-order valence-corrected chi connectivity index (χ2v) is 5.15. The molecule has 1 aliphatic heterocycles. The van der Waals surface area contributed by atoms with E-state index in [0.29, 0.717) is 17.4 Å². The van der Waals surface area contributed by atoms with Crippen molar-refractivity contribution in [3.05, 3.63) is 44.6 Å². The molecule has 100 valence electrons. The van der Waals surface area contributed by atoms with Crippen LogP contribution in [0.5, 0.6) is 0 Å². The first-order chi connectivity index (χ1) is 9.16. The highest BCUT2D eigenvalue weighted by Crippen LogP contribution is 2.14. The van der Waals surface area contributed by atoms with Crippen LogP contribution in [-0.4, -0.2) is 22.6 Å². The van der Waals surface area contributed by atoms with Gasteiger partial charge in [-0.15, -0.1) is 0 Å². The third-order valence-electron chi connectivity index (χ3n) is 3.72. The summed E-state index contributed by atoms with van der Waals surface area (Å²) in [5, 5.41) is 3.81. The molecule has 2 aromatic rings. The van der Waals surface area contributed by atoms with Crippen molar-refractivity contribution in [2.75, 3.05) is 13.1 Å². The number of benzene rings is 1. The van der Waals surface area contributed by atoms with Crippen LogP contribution in [0.4, 0.5) is 0 Å². The smallest absolute Gasteiger partial charge is 0.315 e. The zero-order valence-corrected chi connectivity index (χ0v) is 10.9. The van der Waals surface area contributed by atoms with Gasteiger partial charge in [0.15, 0.2) is 0 Å². The molecule has 0 aliphatic carbocycles. The van der Waals surface area contributed by atoms with Crippen LogP contribution in [0.2, 0.25) is 0 Å². The molecule has 0 radical (unpaired) electrons. The molecule has 2 heterocycles. The molecule has 0 saturated carbocycles. The normalized spacial score (nSPS) is 19.7. The lowest BCUT2D eigenvalue weighted by Crippen LogP contribution is -2.43. The van der Waals surface area contributed by atoms with E-state index in [0.717, 1.165) is 24.9 Å². The standard InChI is InChI=1S/C14H17N3O2/c1-9-4-5-11-12(7-9)16-14(19)17(13(11)18)10-3-2-6-15-8-10/h4-5,7,10,15H,2-3,6,8H2,1H3,(H,16,19). The molecule has 3 rings (SSSR count). The highest BCUT2D eigenvalue weighted by molar-refractivity contribution is 5.77. The number of H-pyrrole nitrogens is 1. The summed E-state index contributed by atoms with van der Waals surface area (Å²) >= 11 is 0. The Morgan fingerprint density at radius 1 is 1.32 bits per heavy atom. The van der Waals surface area contributed by atoms with Gasteiger partial charge in [-0.3, -0.25) is 9.36 Å². The maximum atomic E-state index is 12.5. The van der Waals surface area contributed by atoms with Crippen LogP contribution < -0.4 is 16.6 Å². The molecule has 0 amide bonds. The minimum atomic E-state index is -0.309. The molecule has 2 N–H and O–H groups in total. The SMILES string of the molecule is Cc1ccc2c(=O)n(C3CCCNC3)c(=O)[nH]c2c1. The van der Waals surface area contributed by atoms with Crippen molar-refractivity contribution in [3.63, 3.8) is 0 Å². The Morgan fingerprint density at radius 3 is 2.89 bits per heavy atom. The lowest BCUT2D eigenvalue weighted by molar-refractivity contribution is 0.355. The van der Waals surface area contributed by atoms with Crippen LogP contribution in [0, 0.1) is 6.92 Å². The topological polar surface area (TPSA) is 66.9 Å². The predicted octanol–water partition coefficient (Wildman–Crippen LogP) is 0.923. The minimum Gasteiger partial charge on any atom is -0.315 e. The number of aromatic amines is 1. The number of piperidine rings is 1. The molecule has 0 spiro atoms. The van der Waals surface area contributed by atoms with E-state index in [4.69, 9.17) is 0 Å². The zero-order valence-electron chi connectivity index (χ0n) is 10.9. The summed E-state index contributed by atoms with van der Waals surface area (Å²) in [6, 6.07) is 5.47. The molecule has 1 aliphatic rings. The third-order valence-corrected chi connectivity index (χ3v) is 3.72.